The summed E-state index contributed by atoms with van der Waals surface area (Å²) in [6, 6.07) is 6.91. The Labute approximate surface area is 141 Å². The lowest BCUT2D eigenvalue weighted by atomic mass is 10.1. The number of hydrogen-bond donors (Lipinski definition) is 1. The van der Waals surface area contributed by atoms with Crippen LogP contribution >= 0.6 is 0 Å². The molecule has 0 aromatic heterocycles. The molecule has 130 valence electrons. The Bertz CT molecular complexity index is 623. The molecule has 0 heterocycles. The maximum Gasteiger partial charge on any atom is 0.429 e. The van der Waals surface area contributed by atoms with Gasteiger partial charge < -0.3 is 5.32 Å². The second kappa shape index (κ2) is 8.52. The van der Waals surface area contributed by atoms with Crippen LogP contribution in [0, 0.1) is 5.92 Å². The van der Waals surface area contributed by atoms with Crippen molar-refractivity contribution in [3.05, 3.63) is 61.2 Å². The fraction of sp³-hybridized carbons (Fsp3) is 0.316. The number of aliphatic imine (C=N–C) groups is 1. The number of nitrogens with zero attached hydrogens (tertiary/aromatic N) is 1. The maximum atomic E-state index is 13.0. The van der Waals surface area contributed by atoms with Gasteiger partial charge in [-0.3, -0.25) is 0 Å². The predicted molar refractivity (Wildman–Crippen MR) is 95.7 cm³/mol. The number of rotatable bonds is 8. The van der Waals surface area contributed by atoms with E-state index < -0.39 is 11.9 Å². The Kier molecular flexibility index (Phi) is 7.01. The molecule has 1 aromatic carbocycles. The molecule has 0 spiro atoms. The van der Waals surface area contributed by atoms with Crippen molar-refractivity contribution in [1.82, 2.24) is 5.32 Å². The van der Waals surface area contributed by atoms with Crippen LogP contribution in [0.1, 0.15) is 31.4 Å². The largest absolute Gasteiger partial charge is 0.429 e. The van der Waals surface area contributed by atoms with Crippen molar-refractivity contribution in [3.8, 4) is 0 Å². The minimum atomic E-state index is -4.45. The van der Waals surface area contributed by atoms with Gasteiger partial charge in [0.15, 0.2) is 0 Å². The van der Waals surface area contributed by atoms with Gasteiger partial charge in [0, 0.05) is 12.2 Å². The highest BCUT2D eigenvalue weighted by molar-refractivity contribution is 5.94. The van der Waals surface area contributed by atoms with Crippen LogP contribution in [0.15, 0.2) is 55.1 Å². The molecule has 1 aromatic rings. The first-order valence-corrected chi connectivity index (χ1v) is 7.63. The Hall–Kier alpha value is -2.30. The molecule has 0 aliphatic carbocycles. The van der Waals surface area contributed by atoms with E-state index in [1.807, 2.05) is 0 Å². The minimum absolute atomic E-state index is 0.0965. The molecule has 0 aliphatic heterocycles. The van der Waals surface area contributed by atoms with E-state index in [4.69, 9.17) is 0 Å². The highest BCUT2D eigenvalue weighted by atomic mass is 19.4. The molecule has 0 aliphatic rings. The Balaban J connectivity index is 2.96. The molecule has 1 rings (SSSR count). The van der Waals surface area contributed by atoms with Crippen molar-refractivity contribution in [2.24, 2.45) is 10.9 Å². The minimum Gasteiger partial charge on any atom is -0.382 e. The lowest BCUT2D eigenvalue weighted by Crippen LogP contribution is -2.24. The highest BCUT2D eigenvalue weighted by Gasteiger charge is 2.35. The zero-order valence-corrected chi connectivity index (χ0v) is 14.1. The van der Waals surface area contributed by atoms with E-state index in [-0.39, 0.29) is 18.0 Å². The zero-order chi connectivity index (χ0) is 18.3. The molecule has 0 saturated heterocycles. The number of halogens is 3. The topological polar surface area (TPSA) is 24.4 Å². The second-order valence-corrected chi connectivity index (χ2v) is 5.83. The van der Waals surface area contributed by atoms with Crippen LogP contribution in [-0.2, 0) is 0 Å². The first kappa shape index (κ1) is 19.7. The summed E-state index contributed by atoms with van der Waals surface area (Å²) < 4.78 is 39.1. The van der Waals surface area contributed by atoms with Gasteiger partial charge >= 0.3 is 6.18 Å². The van der Waals surface area contributed by atoms with Gasteiger partial charge in [-0.25, -0.2) is 4.99 Å². The molecular weight excluding hydrogens is 313 g/mol. The standard InChI is InChI=1S/C19H23F3N2/c1-6-11-23-14(4)16-7-9-17(10-8-16)15(5)24-18(12-13(2)3)19(20,21)22/h6-10,13,23H,1,4-5,11-12H2,2-3H3. The lowest BCUT2D eigenvalue weighted by molar-refractivity contribution is -0.0609. The summed E-state index contributed by atoms with van der Waals surface area (Å²) in [6.07, 6.45) is -2.87. The van der Waals surface area contributed by atoms with Gasteiger partial charge in [-0.2, -0.15) is 13.2 Å². The Morgan fingerprint density at radius 1 is 1.17 bits per heavy atom. The third-order valence-electron chi connectivity index (χ3n) is 3.23. The molecule has 1 N–H and O–H groups in total. The molecule has 0 bridgehead atoms. The van der Waals surface area contributed by atoms with E-state index in [0.717, 1.165) is 5.56 Å². The lowest BCUT2D eigenvalue weighted by Gasteiger charge is -2.14. The summed E-state index contributed by atoms with van der Waals surface area (Å²) in [5.41, 5.74) is 1.39. The van der Waals surface area contributed by atoms with Crippen molar-refractivity contribution in [3.63, 3.8) is 0 Å². The second-order valence-electron chi connectivity index (χ2n) is 5.83. The number of alkyl halides is 3. The molecule has 0 amide bonds. The van der Waals surface area contributed by atoms with Crippen molar-refractivity contribution < 1.29 is 13.2 Å². The normalized spacial score (nSPS) is 12.2. The van der Waals surface area contributed by atoms with Crippen LogP contribution in [0.4, 0.5) is 13.2 Å². The Morgan fingerprint density at radius 3 is 2.17 bits per heavy atom. The monoisotopic (exact) mass is 336 g/mol. The van der Waals surface area contributed by atoms with Crippen LogP contribution in [0.5, 0.6) is 0 Å². The van der Waals surface area contributed by atoms with Gasteiger partial charge in [0.2, 0.25) is 0 Å². The third-order valence-corrected chi connectivity index (χ3v) is 3.23. The summed E-state index contributed by atoms with van der Waals surface area (Å²) in [4.78, 5) is 3.73. The van der Waals surface area contributed by atoms with E-state index in [2.05, 4.69) is 30.0 Å². The Morgan fingerprint density at radius 2 is 1.71 bits per heavy atom. The molecular formula is C19H23F3N2. The molecule has 0 fully saturated rings. The average molecular weight is 336 g/mol. The molecule has 5 heteroatoms. The van der Waals surface area contributed by atoms with Gasteiger partial charge in [-0.15, -0.1) is 6.58 Å². The van der Waals surface area contributed by atoms with Crippen molar-refractivity contribution in [2.45, 2.75) is 26.4 Å². The summed E-state index contributed by atoms with van der Waals surface area (Å²) in [5, 5.41) is 3.06. The zero-order valence-electron chi connectivity index (χ0n) is 14.1. The van der Waals surface area contributed by atoms with Gasteiger partial charge in [-0.05, 0) is 23.5 Å². The summed E-state index contributed by atoms with van der Waals surface area (Å²) in [6.45, 7) is 15.2. The highest BCUT2D eigenvalue weighted by Crippen LogP contribution is 2.26. The van der Waals surface area contributed by atoms with Crippen LogP contribution in [-0.4, -0.2) is 18.4 Å². The number of hydrogen-bond acceptors (Lipinski definition) is 2. The number of benzene rings is 1. The quantitative estimate of drug-likeness (QED) is 0.495. The van der Waals surface area contributed by atoms with Gasteiger partial charge in [0.25, 0.3) is 0 Å². The average Bonchev–Trinajstić information content (AvgIpc) is 2.50. The van der Waals surface area contributed by atoms with Crippen LogP contribution in [0.2, 0.25) is 0 Å². The van der Waals surface area contributed by atoms with Crippen molar-refractivity contribution in [2.75, 3.05) is 6.54 Å². The van der Waals surface area contributed by atoms with Crippen molar-refractivity contribution in [1.29, 1.82) is 0 Å². The third kappa shape index (κ3) is 6.07. The summed E-state index contributed by atoms with van der Waals surface area (Å²) in [5.74, 6) is -0.139. The summed E-state index contributed by atoms with van der Waals surface area (Å²) >= 11 is 0. The fourth-order valence-corrected chi connectivity index (χ4v) is 2.00. The van der Waals surface area contributed by atoms with E-state index in [1.165, 1.54) is 0 Å². The first-order valence-electron chi connectivity index (χ1n) is 7.63. The van der Waals surface area contributed by atoms with E-state index in [9.17, 15) is 13.2 Å². The molecule has 0 radical (unpaired) electrons. The van der Waals surface area contributed by atoms with Crippen LogP contribution in [0.25, 0.3) is 11.4 Å². The maximum absolute atomic E-state index is 13.0. The molecule has 2 nitrogen and oxygen atoms in total. The molecule has 0 unspecified atom stereocenters. The molecule has 24 heavy (non-hydrogen) atoms. The fourth-order valence-electron chi connectivity index (χ4n) is 2.00. The van der Waals surface area contributed by atoms with Crippen LogP contribution in [0.3, 0.4) is 0 Å². The van der Waals surface area contributed by atoms with Gasteiger partial charge in [0.05, 0.1) is 5.70 Å². The van der Waals surface area contributed by atoms with Crippen LogP contribution < -0.4 is 5.32 Å². The first-order chi connectivity index (χ1) is 11.1. The molecule has 0 saturated carbocycles. The van der Waals surface area contributed by atoms with E-state index in [1.54, 1.807) is 44.2 Å². The smallest absolute Gasteiger partial charge is 0.382 e. The molecule has 0 atom stereocenters. The SMILES string of the molecule is C=CCNC(=C)c1ccc(C(=C)N=C(CC(C)C)C(F)(F)F)cc1. The van der Waals surface area contributed by atoms with Gasteiger partial charge in [0.1, 0.15) is 5.71 Å². The predicted octanol–water partition coefficient (Wildman–Crippen LogP) is 5.45. The van der Waals surface area contributed by atoms with E-state index in [0.29, 0.717) is 17.8 Å². The van der Waals surface area contributed by atoms with E-state index >= 15 is 0 Å². The summed E-state index contributed by atoms with van der Waals surface area (Å²) in [7, 11) is 0. The number of nitrogens with one attached hydrogen (secondary N) is 1. The van der Waals surface area contributed by atoms with Crippen molar-refractivity contribution >= 4 is 17.1 Å². The van der Waals surface area contributed by atoms with Gasteiger partial charge in [-0.1, -0.05) is 57.3 Å².